The minimum Gasteiger partial charge on any atom is -0.436 e. The van der Waals surface area contributed by atoms with E-state index in [1.54, 1.807) is 20.0 Å². The summed E-state index contributed by atoms with van der Waals surface area (Å²) in [6.45, 7) is 7.41. The fourth-order valence-electron chi connectivity index (χ4n) is 2.69. The summed E-state index contributed by atoms with van der Waals surface area (Å²) in [5.41, 5.74) is 8.41. The lowest BCUT2D eigenvalue weighted by atomic mass is 10.0. The fourth-order valence-corrected chi connectivity index (χ4v) is 2.69. The number of carbonyl (C=O) groups excluding carboxylic acids is 1. The molecule has 3 aromatic rings. The quantitative estimate of drug-likeness (QED) is 0.617. The summed E-state index contributed by atoms with van der Waals surface area (Å²) in [5.74, 6) is 0.0844. The van der Waals surface area contributed by atoms with Crippen molar-refractivity contribution < 1.29 is 13.6 Å². The van der Waals surface area contributed by atoms with Crippen LogP contribution in [0.1, 0.15) is 53.0 Å². The number of nitrogens with zero attached hydrogens (tertiary/aromatic N) is 3. The van der Waals surface area contributed by atoms with Gasteiger partial charge < -0.3 is 15.5 Å². The Bertz CT molecular complexity index is 1090. The average molecular weight is 395 g/mol. The van der Waals surface area contributed by atoms with Gasteiger partial charge >= 0.3 is 0 Å². The van der Waals surface area contributed by atoms with E-state index in [9.17, 15) is 9.18 Å². The highest BCUT2D eigenvalue weighted by Gasteiger charge is 2.16. The van der Waals surface area contributed by atoms with Gasteiger partial charge in [0.2, 0.25) is 5.76 Å². The highest BCUT2D eigenvalue weighted by atomic mass is 19.1. The summed E-state index contributed by atoms with van der Waals surface area (Å²) in [7, 11) is 0. The molecule has 0 fully saturated rings. The number of amides is 1. The molecule has 0 atom stereocenters. The van der Waals surface area contributed by atoms with Crippen molar-refractivity contribution in [1.29, 1.82) is 0 Å². The van der Waals surface area contributed by atoms with Gasteiger partial charge in [-0.2, -0.15) is 0 Å². The predicted octanol–water partition coefficient (Wildman–Crippen LogP) is 4.53. The van der Waals surface area contributed by atoms with Crippen molar-refractivity contribution in [1.82, 2.24) is 9.97 Å². The predicted molar refractivity (Wildman–Crippen MR) is 110 cm³/mol. The van der Waals surface area contributed by atoms with Crippen LogP contribution in [-0.4, -0.2) is 22.1 Å². The van der Waals surface area contributed by atoms with Gasteiger partial charge in [0.15, 0.2) is 5.89 Å². The number of nitrogens with one attached hydrogen (secondary N) is 1. The standard InChI is InChI=1S/C21H22FN5O2/c1-11(2)14-7-15(20(23)25-9-14)10-24-18-8-16(5-6-17(18)22)27-21(28)19-12(3)26-13(4)29-19/h5-11H,1-4H3,(H2,23,25)(H,27,28). The summed E-state index contributed by atoms with van der Waals surface area (Å²) in [5, 5.41) is 2.66. The maximum atomic E-state index is 14.2. The van der Waals surface area contributed by atoms with E-state index in [1.807, 2.05) is 19.9 Å². The van der Waals surface area contributed by atoms with Crippen molar-refractivity contribution in [3.8, 4) is 0 Å². The first-order chi connectivity index (χ1) is 13.7. The van der Waals surface area contributed by atoms with Crippen LogP contribution in [0, 0.1) is 19.7 Å². The number of nitrogen functional groups attached to an aromatic ring is 1. The zero-order chi connectivity index (χ0) is 21.1. The minimum atomic E-state index is -0.530. The highest BCUT2D eigenvalue weighted by Crippen LogP contribution is 2.24. The van der Waals surface area contributed by atoms with Crippen molar-refractivity contribution in [3.63, 3.8) is 0 Å². The van der Waals surface area contributed by atoms with E-state index in [2.05, 4.69) is 20.3 Å². The molecule has 1 aromatic carbocycles. The van der Waals surface area contributed by atoms with Crippen LogP contribution in [-0.2, 0) is 0 Å². The van der Waals surface area contributed by atoms with Gasteiger partial charge in [-0.1, -0.05) is 13.8 Å². The van der Waals surface area contributed by atoms with Crippen molar-refractivity contribution in [3.05, 3.63) is 64.8 Å². The van der Waals surface area contributed by atoms with E-state index in [1.165, 1.54) is 24.4 Å². The number of aryl methyl sites for hydroxylation is 2. The number of pyridine rings is 1. The number of carbonyl (C=O) groups is 1. The Hall–Kier alpha value is -3.55. The van der Waals surface area contributed by atoms with Gasteiger partial charge in [-0.3, -0.25) is 9.79 Å². The molecule has 150 valence electrons. The Balaban J connectivity index is 1.84. The SMILES string of the molecule is Cc1nc(C)c(C(=O)Nc2ccc(F)c(N=Cc3cc(C(C)C)cnc3N)c2)o1. The number of benzene rings is 1. The molecule has 0 aliphatic heterocycles. The molecule has 3 rings (SSSR count). The molecule has 0 saturated heterocycles. The molecule has 0 unspecified atom stereocenters. The zero-order valence-electron chi connectivity index (χ0n) is 16.7. The number of oxazole rings is 1. The molecule has 2 aromatic heterocycles. The van der Waals surface area contributed by atoms with Gasteiger partial charge in [0, 0.05) is 30.6 Å². The lowest BCUT2D eigenvalue weighted by Gasteiger charge is -2.08. The van der Waals surface area contributed by atoms with Gasteiger partial charge in [-0.05, 0) is 42.7 Å². The normalized spacial score (nSPS) is 11.4. The average Bonchev–Trinajstić information content (AvgIpc) is 3.01. The molecule has 0 aliphatic carbocycles. The number of halogens is 1. The minimum absolute atomic E-state index is 0.0580. The molecule has 8 heteroatoms. The molecule has 0 spiro atoms. The number of hydrogen-bond donors (Lipinski definition) is 2. The lowest BCUT2D eigenvalue weighted by molar-refractivity contribution is 0.0994. The van der Waals surface area contributed by atoms with Crippen LogP contribution in [0.4, 0.5) is 21.6 Å². The molecule has 0 radical (unpaired) electrons. The Morgan fingerprint density at radius 2 is 2.07 bits per heavy atom. The Morgan fingerprint density at radius 3 is 2.72 bits per heavy atom. The third-order valence-corrected chi connectivity index (χ3v) is 4.29. The first-order valence-electron chi connectivity index (χ1n) is 9.09. The Morgan fingerprint density at radius 1 is 1.31 bits per heavy atom. The molecular weight excluding hydrogens is 373 g/mol. The smallest absolute Gasteiger partial charge is 0.293 e. The van der Waals surface area contributed by atoms with Crippen LogP contribution >= 0.6 is 0 Å². The van der Waals surface area contributed by atoms with Crippen molar-refractivity contribution >= 4 is 29.3 Å². The summed E-state index contributed by atoms with van der Waals surface area (Å²) in [4.78, 5) is 24.8. The first kappa shape index (κ1) is 20.2. The number of aromatic nitrogens is 2. The van der Waals surface area contributed by atoms with E-state index >= 15 is 0 Å². The topological polar surface area (TPSA) is 106 Å². The van der Waals surface area contributed by atoms with Gasteiger partial charge in [0.25, 0.3) is 5.91 Å². The molecule has 2 heterocycles. The zero-order valence-corrected chi connectivity index (χ0v) is 16.7. The van der Waals surface area contributed by atoms with E-state index in [0.717, 1.165) is 5.56 Å². The largest absolute Gasteiger partial charge is 0.436 e. The molecule has 7 nitrogen and oxygen atoms in total. The Kier molecular flexibility index (Phi) is 5.72. The summed E-state index contributed by atoms with van der Waals surface area (Å²) < 4.78 is 19.5. The van der Waals surface area contributed by atoms with Gasteiger partial charge in [0.05, 0.1) is 5.69 Å². The van der Waals surface area contributed by atoms with Crippen LogP contribution in [0.5, 0.6) is 0 Å². The van der Waals surface area contributed by atoms with E-state index in [4.69, 9.17) is 10.2 Å². The van der Waals surface area contributed by atoms with Crippen molar-refractivity contribution in [2.45, 2.75) is 33.6 Å². The molecule has 0 bridgehead atoms. The molecule has 29 heavy (non-hydrogen) atoms. The molecule has 0 saturated carbocycles. The van der Waals surface area contributed by atoms with Crippen LogP contribution in [0.15, 0.2) is 39.9 Å². The molecule has 3 N–H and O–H groups in total. The monoisotopic (exact) mass is 395 g/mol. The van der Waals surface area contributed by atoms with Crippen LogP contribution in [0.25, 0.3) is 0 Å². The van der Waals surface area contributed by atoms with Gasteiger partial charge in [-0.25, -0.2) is 14.4 Å². The third-order valence-electron chi connectivity index (χ3n) is 4.29. The maximum Gasteiger partial charge on any atom is 0.293 e. The number of hydrogen-bond acceptors (Lipinski definition) is 6. The molecule has 0 aliphatic rings. The summed E-state index contributed by atoms with van der Waals surface area (Å²) in [6.07, 6.45) is 3.17. The van der Waals surface area contributed by atoms with Crippen molar-refractivity contribution in [2.75, 3.05) is 11.1 Å². The maximum absolute atomic E-state index is 14.2. The fraction of sp³-hybridized carbons (Fsp3) is 0.238. The highest BCUT2D eigenvalue weighted by molar-refractivity contribution is 6.03. The summed E-state index contributed by atoms with van der Waals surface area (Å²) >= 11 is 0. The number of nitrogens with two attached hydrogens (primary N) is 1. The van der Waals surface area contributed by atoms with Crippen LogP contribution < -0.4 is 11.1 Å². The summed E-state index contributed by atoms with van der Waals surface area (Å²) in [6, 6.07) is 5.97. The molecular formula is C21H22FN5O2. The number of anilines is 2. The van der Waals surface area contributed by atoms with E-state index < -0.39 is 11.7 Å². The number of rotatable bonds is 5. The second-order valence-electron chi connectivity index (χ2n) is 6.92. The van der Waals surface area contributed by atoms with Crippen LogP contribution in [0.2, 0.25) is 0 Å². The van der Waals surface area contributed by atoms with Crippen molar-refractivity contribution in [2.24, 2.45) is 4.99 Å². The third kappa shape index (κ3) is 4.66. The lowest BCUT2D eigenvalue weighted by Crippen LogP contribution is -2.12. The molecule has 1 amide bonds. The number of aliphatic imine (C=N–C) groups is 1. The van der Waals surface area contributed by atoms with Crippen LogP contribution in [0.3, 0.4) is 0 Å². The second-order valence-corrected chi connectivity index (χ2v) is 6.92. The van der Waals surface area contributed by atoms with Gasteiger partial charge in [0.1, 0.15) is 17.3 Å². The van der Waals surface area contributed by atoms with Gasteiger partial charge in [-0.15, -0.1) is 0 Å². The Labute approximate surface area is 167 Å². The van der Waals surface area contributed by atoms with E-state index in [0.29, 0.717) is 28.7 Å². The second kappa shape index (κ2) is 8.22. The van der Waals surface area contributed by atoms with E-state index in [-0.39, 0.29) is 17.4 Å². The first-order valence-corrected chi connectivity index (χ1v) is 9.09.